The molecule has 1 fully saturated rings. The number of halogens is 1. The highest BCUT2D eigenvalue weighted by molar-refractivity contribution is 5.79. The summed E-state index contributed by atoms with van der Waals surface area (Å²) in [5, 5.41) is 3.21. The third kappa shape index (κ3) is 4.28. The summed E-state index contributed by atoms with van der Waals surface area (Å²) in [6.07, 6.45) is 0.0954. The summed E-state index contributed by atoms with van der Waals surface area (Å²) in [6.45, 7) is 7.27. The van der Waals surface area contributed by atoms with E-state index in [9.17, 15) is 9.18 Å². The number of rotatable bonds is 5. The number of nitrogens with zero attached hydrogens (tertiary/aromatic N) is 4. The Morgan fingerprint density at radius 1 is 1.19 bits per heavy atom. The van der Waals surface area contributed by atoms with Crippen LogP contribution in [0.15, 0.2) is 30.3 Å². The van der Waals surface area contributed by atoms with Crippen LogP contribution in [0.4, 0.5) is 16.2 Å². The highest BCUT2D eigenvalue weighted by Gasteiger charge is 2.23. The molecule has 0 spiro atoms. The maximum atomic E-state index is 13.7. The molecule has 1 amide bonds. The van der Waals surface area contributed by atoms with Crippen LogP contribution in [0.2, 0.25) is 0 Å². The standard InChI is InChI=1S/C19H24FN5O/c1-3-21-17-12-14(2)22-19(23-17)25-10-8-24(9-11-25)18(26)13-15-6-4-5-7-16(15)20/h4-7,12H,3,8-11,13H2,1-2H3,(H,21,22,23). The minimum absolute atomic E-state index is 0.0479. The third-order valence-corrected chi connectivity index (χ3v) is 4.42. The molecule has 26 heavy (non-hydrogen) atoms. The van der Waals surface area contributed by atoms with Gasteiger partial charge in [0.05, 0.1) is 6.42 Å². The number of hydrogen-bond donors (Lipinski definition) is 1. The van der Waals surface area contributed by atoms with Crippen molar-refractivity contribution in [2.24, 2.45) is 0 Å². The monoisotopic (exact) mass is 357 g/mol. The number of aromatic nitrogens is 2. The average Bonchev–Trinajstić information content (AvgIpc) is 2.63. The molecule has 1 aliphatic heterocycles. The number of aryl methyl sites for hydroxylation is 1. The van der Waals surface area contributed by atoms with Gasteiger partial charge in [0.1, 0.15) is 11.6 Å². The van der Waals surface area contributed by atoms with Crippen molar-refractivity contribution in [1.82, 2.24) is 14.9 Å². The summed E-state index contributed by atoms with van der Waals surface area (Å²) in [5.41, 5.74) is 1.35. The van der Waals surface area contributed by atoms with Crippen LogP contribution in [0.3, 0.4) is 0 Å². The maximum Gasteiger partial charge on any atom is 0.227 e. The summed E-state index contributed by atoms with van der Waals surface area (Å²) in [4.78, 5) is 25.4. The minimum Gasteiger partial charge on any atom is -0.370 e. The Hall–Kier alpha value is -2.70. The number of piperazine rings is 1. The summed E-state index contributed by atoms with van der Waals surface area (Å²) in [6, 6.07) is 8.34. The van der Waals surface area contributed by atoms with E-state index in [2.05, 4.69) is 20.2 Å². The Labute approximate surface area is 153 Å². The van der Waals surface area contributed by atoms with Crippen molar-refractivity contribution in [3.8, 4) is 0 Å². The van der Waals surface area contributed by atoms with E-state index in [0.29, 0.717) is 37.7 Å². The topological polar surface area (TPSA) is 61.4 Å². The van der Waals surface area contributed by atoms with Crippen LogP contribution in [0.1, 0.15) is 18.2 Å². The largest absolute Gasteiger partial charge is 0.370 e. The Bertz CT molecular complexity index is 774. The first-order valence-electron chi connectivity index (χ1n) is 8.92. The second-order valence-corrected chi connectivity index (χ2v) is 6.36. The van der Waals surface area contributed by atoms with Crippen molar-refractivity contribution in [2.45, 2.75) is 20.3 Å². The molecule has 3 rings (SSSR count). The summed E-state index contributed by atoms with van der Waals surface area (Å²) in [5.74, 6) is 1.12. The Kier molecular flexibility index (Phi) is 5.65. The second kappa shape index (κ2) is 8.12. The summed E-state index contributed by atoms with van der Waals surface area (Å²) >= 11 is 0. The van der Waals surface area contributed by atoms with Gasteiger partial charge in [-0.05, 0) is 25.5 Å². The number of nitrogens with one attached hydrogen (secondary N) is 1. The van der Waals surface area contributed by atoms with Crippen LogP contribution in [0, 0.1) is 12.7 Å². The van der Waals surface area contributed by atoms with Crippen molar-refractivity contribution in [1.29, 1.82) is 0 Å². The molecule has 2 heterocycles. The van der Waals surface area contributed by atoms with Gasteiger partial charge >= 0.3 is 0 Å². The molecule has 0 radical (unpaired) electrons. The SMILES string of the molecule is CCNc1cc(C)nc(N2CCN(C(=O)Cc3ccccc3F)CC2)n1. The Morgan fingerprint density at radius 2 is 1.92 bits per heavy atom. The lowest BCUT2D eigenvalue weighted by molar-refractivity contribution is -0.130. The average molecular weight is 357 g/mol. The number of anilines is 2. The first-order valence-corrected chi connectivity index (χ1v) is 8.92. The molecule has 0 aliphatic carbocycles. The zero-order chi connectivity index (χ0) is 18.5. The number of carbonyl (C=O) groups is 1. The summed E-state index contributed by atoms with van der Waals surface area (Å²) in [7, 11) is 0. The smallest absolute Gasteiger partial charge is 0.227 e. The summed E-state index contributed by atoms with van der Waals surface area (Å²) < 4.78 is 13.7. The Balaban J connectivity index is 1.60. The predicted molar refractivity (Wildman–Crippen MR) is 99.8 cm³/mol. The lowest BCUT2D eigenvalue weighted by Crippen LogP contribution is -2.49. The molecule has 1 aromatic carbocycles. The van der Waals surface area contributed by atoms with E-state index in [4.69, 9.17) is 0 Å². The van der Waals surface area contributed by atoms with Crippen LogP contribution in [-0.2, 0) is 11.2 Å². The molecule has 138 valence electrons. The Morgan fingerprint density at radius 3 is 2.62 bits per heavy atom. The highest BCUT2D eigenvalue weighted by atomic mass is 19.1. The quantitative estimate of drug-likeness (QED) is 0.889. The van der Waals surface area contributed by atoms with Gasteiger partial charge in [0.25, 0.3) is 0 Å². The zero-order valence-corrected chi connectivity index (χ0v) is 15.2. The van der Waals surface area contributed by atoms with Gasteiger partial charge in [-0.2, -0.15) is 4.98 Å². The molecule has 1 aliphatic rings. The fourth-order valence-electron chi connectivity index (χ4n) is 3.04. The number of hydrogen-bond acceptors (Lipinski definition) is 5. The lowest BCUT2D eigenvalue weighted by atomic mass is 10.1. The van der Waals surface area contributed by atoms with Gasteiger partial charge in [0.15, 0.2) is 0 Å². The first kappa shape index (κ1) is 18.1. The molecule has 0 unspecified atom stereocenters. The fourth-order valence-corrected chi connectivity index (χ4v) is 3.04. The molecule has 7 heteroatoms. The van der Waals surface area contributed by atoms with Gasteiger partial charge < -0.3 is 15.1 Å². The number of amides is 1. The maximum absolute atomic E-state index is 13.7. The van der Waals surface area contributed by atoms with E-state index < -0.39 is 0 Å². The molecular weight excluding hydrogens is 333 g/mol. The van der Waals surface area contributed by atoms with Crippen molar-refractivity contribution in [3.63, 3.8) is 0 Å². The van der Waals surface area contributed by atoms with E-state index >= 15 is 0 Å². The molecule has 6 nitrogen and oxygen atoms in total. The zero-order valence-electron chi connectivity index (χ0n) is 15.2. The van der Waals surface area contributed by atoms with Crippen LogP contribution in [0.25, 0.3) is 0 Å². The normalized spacial score (nSPS) is 14.4. The van der Waals surface area contributed by atoms with E-state index in [1.165, 1.54) is 6.07 Å². The molecule has 0 saturated carbocycles. The molecule has 0 bridgehead atoms. The minimum atomic E-state index is -0.330. The van der Waals surface area contributed by atoms with E-state index in [-0.39, 0.29) is 18.1 Å². The van der Waals surface area contributed by atoms with Gasteiger partial charge in [0.2, 0.25) is 11.9 Å². The van der Waals surface area contributed by atoms with Gasteiger partial charge in [0, 0.05) is 44.5 Å². The van der Waals surface area contributed by atoms with E-state index in [0.717, 1.165) is 18.1 Å². The van der Waals surface area contributed by atoms with Gasteiger partial charge in [-0.25, -0.2) is 9.37 Å². The molecule has 2 aromatic rings. The molecule has 1 aromatic heterocycles. The van der Waals surface area contributed by atoms with Gasteiger partial charge in [-0.15, -0.1) is 0 Å². The van der Waals surface area contributed by atoms with Crippen molar-refractivity contribution in [3.05, 3.63) is 47.4 Å². The third-order valence-electron chi connectivity index (χ3n) is 4.42. The van der Waals surface area contributed by atoms with Crippen molar-refractivity contribution < 1.29 is 9.18 Å². The second-order valence-electron chi connectivity index (χ2n) is 6.36. The van der Waals surface area contributed by atoms with E-state index in [1.54, 1.807) is 23.1 Å². The molecular formula is C19H24FN5O. The van der Waals surface area contributed by atoms with Crippen LogP contribution < -0.4 is 10.2 Å². The van der Waals surface area contributed by atoms with E-state index in [1.807, 2.05) is 19.9 Å². The van der Waals surface area contributed by atoms with Gasteiger partial charge in [-0.1, -0.05) is 18.2 Å². The number of carbonyl (C=O) groups excluding carboxylic acids is 1. The number of benzene rings is 1. The lowest BCUT2D eigenvalue weighted by Gasteiger charge is -2.35. The first-order chi connectivity index (χ1) is 12.6. The van der Waals surface area contributed by atoms with Crippen molar-refractivity contribution in [2.75, 3.05) is 42.9 Å². The molecule has 0 atom stereocenters. The highest BCUT2D eigenvalue weighted by Crippen LogP contribution is 2.16. The van der Waals surface area contributed by atoms with Crippen LogP contribution in [-0.4, -0.2) is 53.5 Å². The van der Waals surface area contributed by atoms with Crippen LogP contribution in [0.5, 0.6) is 0 Å². The fraction of sp³-hybridized carbons (Fsp3) is 0.421. The molecule has 1 N–H and O–H groups in total. The van der Waals surface area contributed by atoms with Crippen LogP contribution >= 0.6 is 0 Å². The predicted octanol–water partition coefficient (Wildman–Crippen LogP) is 2.25. The molecule has 1 saturated heterocycles. The van der Waals surface area contributed by atoms with Gasteiger partial charge in [-0.3, -0.25) is 4.79 Å². The van der Waals surface area contributed by atoms with Crippen molar-refractivity contribution >= 4 is 17.7 Å².